The molecule has 166 valence electrons. The van der Waals surface area contributed by atoms with E-state index in [0.29, 0.717) is 19.4 Å². The van der Waals surface area contributed by atoms with Crippen LogP contribution in [0.25, 0.3) is 0 Å². The second-order valence-electron chi connectivity index (χ2n) is 8.48. The number of unbranched alkanes of at least 4 members (excludes halogenated alkanes) is 1. The number of para-hydroxylation sites is 1. The van der Waals surface area contributed by atoms with E-state index in [9.17, 15) is 9.59 Å². The van der Waals surface area contributed by atoms with E-state index in [-0.39, 0.29) is 11.8 Å². The molecule has 6 nitrogen and oxygen atoms in total. The van der Waals surface area contributed by atoms with E-state index < -0.39 is 0 Å². The third kappa shape index (κ3) is 4.45. The van der Waals surface area contributed by atoms with Crippen molar-refractivity contribution >= 4 is 35.1 Å². The number of piperazine rings is 1. The first-order valence-corrected chi connectivity index (χ1v) is 12.3. The van der Waals surface area contributed by atoms with E-state index in [1.54, 1.807) is 11.8 Å². The van der Waals surface area contributed by atoms with Crippen LogP contribution < -0.4 is 0 Å². The number of likely N-dealkylation sites (tertiary alicyclic amines) is 1. The third-order valence-electron chi connectivity index (χ3n) is 6.37. The zero-order valence-corrected chi connectivity index (χ0v) is 19.0. The normalized spacial score (nSPS) is 18.9. The lowest BCUT2D eigenvalue weighted by Crippen LogP contribution is -2.49. The van der Waals surface area contributed by atoms with Crippen molar-refractivity contribution in [2.24, 2.45) is 4.99 Å². The Morgan fingerprint density at radius 3 is 2.22 bits per heavy atom. The summed E-state index contributed by atoms with van der Waals surface area (Å²) in [5, 5.41) is 0. The maximum absolute atomic E-state index is 11.7. The van der Waals surface area contributed by atoms with Crippen molar-refractivity contribution in [1.82, 2.24) is 14.7 Å². The Morgan fingerprint density at radius 2 is 1.44 bits per heavy atom. The predicted molar refractivity (Wildman–Crippen MR) is 126 cm³/mol. The maximum Gasteiger partial charge on any atom is 0.229 e. The highest BCUT2D eigenvalue weighted by molar-refractivity contribution is 7.99. The second-order valence-corrected chi connectivity index (χ2v) is 9.56. The molecule has 3 aliphatic heterocycles. The average molecular weight is 449 g/mol. The van der Waals surface area contributed by atoms with Crippen molar-refractivity contribution in [2.75, 3.05) is 39.3 Å². The number of hydrogen-bond donors (Lipinski definition) is 0. The molecule has 0 N–H and O–H groups in total. The molecule has 2 saturated heterocycles. The fraction of sp³-hybridized carbons (Fsp3) is 0.400. The zero-order chi connectivity index (χ0) is 21.9. The fourth-order valence-electron chi connectivity index (χ4n) is 4.57. The number of carbonyl (C=O) groups is 2. The third-order valence-corrected chi connectivity index (χ3v) is 7.51. The minimum absolute atomic E-state index is 0.00666. The molecule has 3 heterocycles. The molecule has 0 aliphatic carbocycles. The van der Waals surface area contributed by atoms with Crippen LogP contribution in [0.1, 0.15) is 31.2 Å². The van der Waals surface area contributed by atoms with Crippen LogP contribution in [0.5, 0.6) is 0 Å². The van der Waals surface area contributed by atoms with Gasteiger partial charge in [-0.15, -0.1) is 0 Å². The summed E-state index contributed by atoms with van der Waals surface area (Å²) < 4.78 is 0. The van der Waals surface area contributed by atoms with Gasteiger partial charge in [-0.25, -0.2) is 4.99 Å². The van der Waals surface area contributed by atoms with Crippen molar-refractivity contribution in [3.63, 3.8) is 0 Å². The van der Waals surface area contributed by atoms with Gasteiger partial charge >= 0.3 is 0 Å². The lowest BCUT2D eigenvalue weighted by molar-refractivity contribution is -0.138. The van der Waals surface area contributed by atoms with Gasteiger partial charge in [0.25, 0.3) is 0 Å². The van der Waals surface area contributed by atoms with Gasteiger partial charge in [-0.1, -0.05) is 42.1 Å². The highest BCUT2D eigenvalue weighted by Gasteiger charge is 2.28. The van der Waals surface area contributed by atoms with Crippen LogP contribution in [0, 0.1) is 0 Å². The predicted octanol–water partition coefficient (Wildman–Crippen LogP) is 3.78. The first-order valence-electron chi connectivity index (χ1n) is 11.4. The monoisotopic (exact) mass is 448 g/mol. The molecule has 0 radical (unpaired) electrons. The molecule has 2 amide bonds. The van der Waals surface area contributed by atoms with Crippen molar-refractivity contribution in [3.8, 4) is 0 Å². The molecule has 3 aliphatic rings. The molecule has 0 unspecified atom stereocenters. The van der Waals surface area contributed by atoms with Gasteiger partial charge in [0.15, 0.2) is 0 Å². The molecule has 0 spiro atoms. The summed E-state index contributed by atoms with van der Waals surface area (Å²) in [6.45, 7) is 5.47. The Balaban J connectivity index is 1.19. The minimum atomic E-state index is -0.00666. The van der Waals surface area contributed by atoms with Crippen molar-refractivity contribution in [2.45, 2.75) is 35.5 Å². The Kier molecular flexibility index (Phi) is 6.28. The number of fused-ring (bicyclic) bond motifs is 2. The zero-order valence-electron chi connectivity index (χ0n) is 18.2. The molecule has 2 aromatic carbocycles. The van der Waals surface area contributed by atoms with Crippen LogP contribution in [0.3, 0.4) is 0 Å². The van der Waals surface area contributed by atoms with E-state index in [1.165, 1.54) is 20.3 Å². The maximum atomic E-state index is 11.7. The molecule has 0 bridgehead atoms. The Hall–Kier alpha value is -2.64. The Labute approximate surface area is 193 Å². The SMILES string of the molecule is O=C1CCC(=O)N1CCCCN1CCN(C2=Nc3ccccc3Sc3ccccc32)CC1. The Morgan fingerprint density at radius 1 is 0.781 bits per heavy atom. The number of imide groups is 1. The molecule has 0 aromatic heterocycles. The van der Waals surface area contributed by atoms with Crippen LogP contribution in [0.15, 0.2) is 63.3 Å². The van der Waals surface area contributed by atoms with Crippen molar-refractivity contribution < 1.29 is 9.59 Å². The minimum Gasteiger partial charge on any atom is -0.354 e. The van der Waals surface area contributed by atoms with Gasteiger partial charge in [-0.05, 0) is 37.6 Å². The van der Waals surface area contributed by atoms with Gasteiger partial charge < -0.3 is 4.90 Å². The molecule has 7 heteroatoms. The standard InChI is InChI=1S/C25H28N4O2S/c30-23-11-12-24(31)29(23)14-6-5-13-27-15-17-28(18-16-27)25-19-7-1-3-9-21(19)32-22-10-4-2-8-20(22)26-25/h1-4,7-10H,5-6,11-18H2. The summed E-state index contributed by atoms with van der Waals surface area (Å²) >= 11 is 1.79. The summed E-state index contributed by atoms with van der Waals surface area (Å²) in [6, 6.07) is 16.9. The van der Waals surface area contributed by atoms with E-state index in [2.05, 4.69) is 58.3 Å². The smallest absolute Gasteiger partial charge is 0.229 e. The fourth-order valence-corrected chi connectivity index (χ4v) is 5.59. The largest absolute Gasteiger partial charge is 0.354 e. The first-order chi connectivity index (χ1) is 15.7. The highest BCUT2D eigenvalue weighted by Crippen LogP contribution is 2.40. The molecule has 2 aromatic rings. The number of benzene rings is 2. The number of amidine groups is 1. The van der Waals surface area contributed by atoms with Crippen LogP contribution in [-0.4, -0.2) is 71.6 Å². The molecular weight excluding hydrogens is 420 g/mol. The van der Waals surface area contributed by atoms with Crippen LogP contribution in [0.4, 0.5) is 5.69 Å². The van der Waals surface area contributed by atoms with Crippen LogP contribution in [0.2, 0.25) is 0 Å². The molecule has 0 atom stereocenters. The van der Waals surface area contributed by atoms with Crippen LogP contribution >= 0.6 is 11.8 Å². The molecule has 2 fully saturated rings. The average Bonchev–Trinajstić information content (AvgIpc) is 3.04. The van der Waals surface area contributed by atoms with Gasteiger partial charge in [-0.2, -0.15) is 0 Å². The Bertz CT molecular complexity index is 1030. The topological polar surface area (TPSA) is 56.2 Å². The number of hydrogen-bond acceptors (Lipinski definition) is 6. The number of rotatable bonds is 5. The van der Waals surface area contributed by atoms with Crippen molar-refractivity contribution in [1.29, 1.82) is 0 Å². The highest BCUT2D eigenvalue weighted by atomic mass is 32.2. The van der Waals surface area contributed by atoms with Gasteiger partial charge in [0.05, 0.1) is 5.69 Å². The number of carbonyl (C=O) groups excluding carboxylic acids is 2. The lowest BCUT2D eigenvalue weighted by atomic mass is 10.1. The van der Waals surface area contributed by atoms with E-state index >= 15 is 0 Å². The van der Waals surface area contributed by atoms with E-state index in [4.69, 9.17) is 4.99 Å². The lowest BCUT2D eigenvalue weighted by Gasteiger charge is -2.36. The molecule has 0 saturated carbocycles. The second kappa shape index (κ2) is 9.46. The van der Waals surface area contributed by atoms with Crippen molar-refractivity contribution in [3.05, 3.63) is 54.1 Å². The molecule has 32 heavy (non-hydrogen) atoms. The van der Waals surface area contributed by atoms with Crippen LogP contribution in [-0.2, 0) is 9.59 Å². The summed E-state index contributed by atoms with van der Waals surface area (Å²) in [6.07, 6.45) is 2.66. The molecular formula is C25H28N4O2S. The number of nitrogens with zero attached hydrogens (tertiary/aromatic N) is 4. The number of aliphatic imine (C=N–C) groups is 1. The summed E-state index contributed by atoms with van der Waals surface area (Å²) in [4.78, 5) is 37.4. The van der Waals surface area contributed by atoms with Gasteiger partial charge in [0.1, 0.15) is 5.84 Å². The van der Waals surface area contributed by atoms with Gasteiger partial charge in [0.2, 0.25) is 11.8 Å². The molecule has 5 rings (SSSR count). The van der Waals surface area contributed by atoms with E-state index in [1.807, 2.05) is 0 Å². The first kappa shape index (κ1) is 21.2. The van der Waals surface area contributed by atoms with Gasteiger partial charge in [-0.3, -0.25) is 19.4 Å². The summed E-state index contributed by atoms with van der Waals surface area (Å²) in [7, 11) is 0. The number of amides is 2. The quantitative estimate of drug-likeness (QED) is 0.515. The summed E-state index contributed by atoms with van der Waals surface area (Å²) in [5.74, 6) is 1.06. The van der Waals surface area contributed by atoms with E-state index in [0.717, 1.165) is 57.1 Å². The summed E-state index contributed by atoms with van der Waals surface area (Å²) in [5.41, 5.74) is 2.25. The van der Waals surface area contributed by atoms with Gasteiger partial charge in [0, 0.05) is 60.9 Å².